The Hall–Kier alpha value is -0.610. The summed E-state index contributed by atoms with van der Waals surface area (Å²) in [5.41, 5.74) is 5.87. The van der Waals surface area contributed by atoms with E-state index in [1.165, 1.54) is 0 Å². The Morgan fingerprint density at radius 1 is 1.21 bits per heavy atom. The molecule has 0 radical (unpaired) electrons. The quantitative estimate of drug-likeness (QED) is 0.639. The fraction of sp³-hybridized carbons (Fsp3) is 0.933. The highest BCUT2D eigenvalue weighted by Gasteiger charge is 2.16. The van der Waals surface area contributed by atoms with E-state index >= 15 is 0 Å². The third-order valence-electron chi connectivity index (χ3n) is 3.46. The summed E-state index contributed by atoms with van der Waals surface area (Å²) in [5.74, 6) is 0.447. The van der Waals surface area contributed by atoms with E-state index in [0.717, 1.165) is 38.9 Å². The number of carbonyl (C=O) groups is 1. The molecule has 0 aliphatic rings. The SMILES string of the molecule is CCN(CC)CCCC(C)NC(=O)C(N)CC(C)C. The number of nitrogens with one attached hydrogen (secondary N) is 1. The predicted molar refractivity (Wildman–Crippen MR) is 82.1 cm³/mol. The lowest BCUT2D eigenvalue weighted by molar-refractivity contribution is -0.123. The van der Waals surface area contributed by atoms with Crippen LogP contribution in [0.2, 0.25) is 0 Å². The molecule has 0 aliphatic carbocycles. The van der Waals surface area contributed by atoms with E-state index in [2.05, 4.69) is 44.8 Å². The zero-order valence-electron chi connectivity index (χ0n) is 13.4. The van der Waals surface area contributed by atoms with Crippen LogP contribution in [0.15, 0.2) is 0 Å². The summed E-state index contributed by atoms with van der Waals surface area (Å²) >= 11 is 0. The largest absolute Gasteiger partial charge is 0.352 e. The van der Waals surface area contributed by atoms with Gasteiger partial charge in [0.1, 0.15) is 0 Å². The maximum Gasteiger partial charge on any atom is 0.237 e. The van der Waals surface area contributed by atoms with Crippen molar-refractivity contribution in [3.8, 4) is 0 Å². The minimum Gasteiger partial charge on any atom is -0.352 e. The van der Waals surface area contributed by atoms with Gasteiger partial charge < -0.3 is 16.0 Å². The Labute approximate surface area is 119 Å². The highest BCUT2D eigenvalue weighted by atomic mass is 16.2. The van der Waals surface area contributed by atoms with Crippen LogP contribution >= 0.6 is 0 Å². The van der Waals surface area contributed by atoms with E-state index < -0.39 is 0 Å². The Kier molecular flexibility index (Phi) is 9.88. The second-order valence-corrected chi connectivity index (χ2v) is 5.81. The van der Waals surface area contributed by atoms with Gasteiger partial charge in [0.2, 0.25) is 5.91 Å². The molecule has 0 fully saturated rings. The molecule has 4 nitrogen and oxygen atoms in total. The normalized spacial score (nSPS) is 14.7. The molecule has 1 amide bonds. The summed E-state index contributed by atoms with van der Waals surface area (Å²) in [6, 6.07) is -0.161. The first-order chi connectivity index (χ1) is 8.90. The van der Waals surface area contributed by atoms with Crippen LogP contribution in [0.5, 0.6) is 0 Å². The van der Waals surface area contributed by atoms with E-state index in [4.69, 9.17) is 5.73 Å². The number of hydrogen-bond acceptors (Lipinski definition) is 3. The maximum absolute atomic E-state index is 11.9. The third-order valence-corrected chi connectivity index (χ3v) is 3.46. The van der Waals surface area contributed by atoms with Gasteiger partial charge in [-0.3, -0.25) is 4.79 Å². The van der Waals surface area contributed by atoms with Crippen molar-refractivity contribution < 1.29 is 4.79 Å². The zero-order chi connectivity index (χ0) is 14.8. The predicted octanol–water partition coefficient (Wildman–Crippen LogP) is 1.99. The third kappa shape index (κ3) is 9.00. The van der Waals surface area contributed by atoms with Gasteiger partial charge in [-0.2, -0.15) is 0 Å². The second-order valence-electron chi connectivity index (χ2n) is 5.81. The zero-order valence-corrected chi connectivity index (χ0v) is 13.4. The van der Waals surface area contributed by atoms with Crippen LogP contribution in [-0.2, 0) is 4.79 Å². The number of rotatable bonds is 10. The summed E-state index contributed by atoms with van der Waals surface area (Å²) < 4.78 is 0. The molecular formula is C15H33N3O. The van der Waals surface area contributed by atoms with Gasteiger partial charge in [-0.25, -0.2) is 0 Å². The van der Waals surface area contributed by atoms with Crippen LogP contribution in [0.1, 0.15) is 53.9 Å². The number of nitrogens with two attached hydrogens (primary N) is 1. The van der Waals surface area contributed by atoms with Gasteiger partial charge in [0.15, 0.2) is 0 Å². The van der Waals surface area contributed by atoms with Crippen LogP contribution in [0.3, 0.4) is 0 Å². The molecule has 0 saturated carbocycles. The summed E-state index contributed by atoms with van der Waals surface area (Å²) in [5, 5.41) is 3.01. The minimum atomic E-state index is -0.370. The molecule has 0 bridgehead atoms. The molecule has 2 unspecified atom stereocenters. The molecule has 0 heterocycles. The molecule has 2 atom stereocenters. The van der Waals surface area contributed by atoms with Crippen LogP contribution in [0, 0.1) is 5.92 Å². The first-order valence-electron chi connectivity index (χ1n) is 7.68. The monoisotopic (exact) mass is 271 g/mol. The fourth-order valence-corrected chi connectivity index (χ4v) is 2.20. The standard InChI is InChI=1S/C15H33N3O/c1-6-18(7-2)10-8-9-13(5)17-15(19)14(16)11-12(3)4/h12-14H,6-11,16H2,1-5H3,(H,17,19). The van der Waals surface area contributed by atoms with Crippen molar-refractivity contribution in [2.75, 3.05) is 19.6 Å². The summed E-state index contributed by atoms with van der Waals surface area (Å²) in [7, 11) is 0. The Bertz CT molecular complexity index is 240. The number of amides is 1. The number of carbonyl (C=O) groups excluding carboxylic acids is 1. The van der Waals surface area contributed by atoms with Crippen molar-refractivity contribution in [2.45, 2.75) is 66.0 Å². The smallest absolute Gasteiger partial charge is 0.237 e. The highest BCUT2D eigenvalue weighted by molar-refractivity contribution is 5.81. The minimum absolute atomic E-state index is 0.0101. The average molecular weight is 271 g/mol. The van der Waals surface area contributed by atoms with Crippen LogP contribution in [-0.4, -0.2) is 42.5 Å². The van der Waals surface area contributed by atoms with Crippen molar-refractivity contribution in [1.82, 2.24) is 10.2 Å². The molecule has 0 aliphatic heterocycles. The molecule has 0 aromatic carbocycles. The van der Waals surface area contributed by atoms with Crippen molar-refractivity contribution in [3.63, 3.8) is 0 Å². The van der Waals surface area contributed by atoms with Gasteiger partial charge in [-0.1, -0.05) is 27.7 Å². The van der Waals surface area contributed by atoms with Gasteiger partial charge in [-0.05, 0) is 51.7 Å². The van der Waals surface area contributed by atoms with Crippen molar-refractivity contribution in [3.05, 3.63) is 0 Å². The van der Waals surface area contributed by atoms with Gasteiger partial charge in [-0.15, -0.1) is 0 Å². The lowest BCUT2D eigenvalue weighted by Crippen LogP contribution is -2.45. The van der Waals surface area contributed by atoms with Gasteiger partial charge >= 0.3 is 0 Å². The molecule has 0 aromatic heterocycles. The van der Waals surface area contributed by atoms with Crippen LogP contribution < -0.4 is 11.1 Å². The lowest BCUT2D eigenvalue weighted by Gasteiger charge is -2.21. The molecule has 114 valence electrons. The first-order valence-corrected chi connectivity index (χ1v) is 7.68. The molecule has 4 heteroatoms. The molecular weight excluding hydrogens is 238 g/mol. The molecule has 0 spiro atoms. The van der Waals surface area contributed by atoms with Crippen molar-refractivity contribution >= 4 is 5.91 Å². The Morgan fingerprint density at radius 2 is 1.79 bits per heavy atom. The number of hydrogen-bond donors (Lipinski definition) is 2. The molecule has 3 N–H and O–H groups in total. The summed E-state index contributed by atoms with van der Waals surface area (Å²) in [6.07, 6.45) is 2.87. The second kappa shape index (κ2) is 10.2. The molecule has 0 rings (SSSR count). The van der Waals surface area contributed by atoms with Crippen LogP contribution in [0.4, 0.5) is 0 Å². The maximum atomic E-state index is 11.9. The van der Waals surface area contributed by atoms with Crippen molar-refractivity contribution in [1.29, 1.82) is 0 Å². The van der Waals surface area contributed by atoms with Crippen molar-refractivity contribution in [2.24, 2.45) is 11.7 Å². The number of nitrogens with zero attached hydrogens (tertiary/aromatic N) is 1. The molecule has 0 saturated heterocycles. The van der Waals surface area contributed by atoms with E-state index in [1.54, 1.807) is 0 Å². The topological polar surface area (TPSA) is 58.4 Å². The van der Waals surface area contributed by atoms with E-state index in [1.807, 2.05) is 0 Å². The van der Waals surface area contributed by atoms with Crippen LogP contribution in [0.25, 0.3) is 0 Å². The van der Waals surface area contributed by atoms with E-state index in [-0.39, 0.29) is 18.0 Å². The molecule has 0 aromatic rings. The van der Waals surface area contributed by atoms with E-state index in [9.17, 15) is 4.79 Å². The highest BCUT2D eigenvalue weighted by Crippen LogP contribution is 2.04. The lowest BCUT2D eigenvalue weighted by atomic mass is 10.0. The van der Waals surface area contributed by atoms with Gasteiger partial charge in [0.05, 0.1) is 6.04 Å². The van der Waals surface area contributed by atoms with Gasteiger partial charge in [0.25, 0.3) is 0 Å². The molecule has 19 heavy (non-hydrogen) atoms. The first kappa shape index (κ1) is 18.4. The van der Waals surface area contributed by atoms with E-state index in [0.29, 0.717) is 5.92 Å². The Balaban J connectivity index is 3.84. The average Bonchev–Trinajstić information content (AvgIpc) is 2.33. The summed E-state index contributed by atoms with van der Waals surface area (Å²) in [4.78, 5) is 14.3. The van der Waals surface area contributed by atoms with Gasteiger partial charge in [0, 0.05) is 6.04 Å². The summed E-state index contributed by atoms with van der Waals surface area (Å²) in [6.45, 7) is 13.9. The fourth-order valence-electron chi connectivity index (χ4n) is 2.20. The Morgan fingerprint density at radius 3 is 2.26 bits per heavy atom.